The summed E-state index contributed by atoms with van der Waals surface area (Å²) < 4.78 is 5.06. The molecule has 0 radical (unpaired) electrons. The van der Waals surface area contributed by atoms with Gasteiger partial charge in [0.15, 0.2) is 5.78 Å². The van der Waals surface area contributed by atoms with Crippen molar-refractivity contribution < 1.29 is 9.53 Å². The van der Waals surface area contributed by atoms with Crippen molar-refractivity contribution in [3.8, 4) is 5.75 Å². The number of imidazole rings is 1. The smallest absolute Gasteiger partial charge is 0.323 e. The second-order valence-corrected chi connectivity index (χ2v) is 4.40. The molecule has 0 aliphatic rings. The van der Waals surface area contributed by atoms with Crippen LogP contribution in [0.25, 0.3) is 11.0 Å². The standard InChI is InChI=1S/C15H12N2O3/c1-20-11-5-2-9(3-6-11)14(18)10-4-7-12-13(8-10)17-15(19)16-12/h2-8H,1H3,(H2,16,17,19). The molecule has 20 heavy (non-hydrogen) atoms. The number of methoxy groups -OCH3 is 1. The van der Waals surface area contributed by atoms with E-state index in [1.807, 2.05) is 0 Å². The number of hydrogen-bond donors (Lipinski definition) is 2. The molecule has 0 spiro atoms. The van der Waals surface area contributed by atoms with Gasteiger partial charge in [0.2, 0.25) is 0 Å². The lowest BCUT2D eigenvalue weighted by Crippen LogP contribution is -2.01. The molecule has 0 aliphatic heterocycles. The molecule has 0 bridgehead atoms. The third kappa shape index (κ3) is 2.09. The van der Waals surface area contributed by atoms with Gasteiger partial charge in [0, 0.05) is 11.1 Å². The Morgan fingerprint density at radius 2 is 1.60 bits per heavy atom. The van der Waals surface area contributed by atoms with Gasteiger partial charge >= 0.3 is 5.69 Å². The number of aromatic amines is 2. The minimum absolute atomic E-state index is 0.100. The Bertz CT molecular complexity index is 828. The van der Waals surface area contributed by atoms with Crippen LogP contribution >= 0.6 is 0 Å². The quantitative estimate of drug-likeness (QED) is 0.714. The predicted octanol–water partition coefficient (Wildman–Crippen LogP) is 2.10. The summed E-state index contributed by atoms with van der Waals surface area (Å²) in [7, 11) is 1.58. The second-order valence-electron chi connectivity index (χ2n) is 4.40. The highest BCUT2D eigenvalue weighted by atomic mass is 16.5. The van der Waals surface area contributed by atoms with Gasteiger partial charge in [-0.3, -0.25) is 4.79 Å². The fourth-order valence-corrected chi connectivity index (χ4v) is 2.08. The van der Waals surface area contributed by atoms with Crippen molar-refractivity contribution in [2.24, 2.45) is 0 Å². The van der Waals surface area contributed by atoms with Crippen molar-refractivity contribution in [2.75, 3.05) is 7.11 Å². The molecule has 5 nitrogen and oxygen atoms in total. The summed E-state index contributed by atoms with van der Waals surface area (Å²) in [5.41, 5.74) is 2.12. The number of nitrogens with one attached hydrogen (secondary N) is 2. The van der Waals surface area contributed by atoms with Crippen molar-refractivity contribution in [3.05, 3.63) is 64.1 Å². The zero-order chi connectivity index (χ0) is 14.1. The van der Waals surface area contributed by atoms with Crippen molar-refractivity contribution in [3.63, 3.8) is 0 Å². The van der Waals surface area contributed by atoms with E-state index in [4.69, 9.17) is 4.74 Å². The molecule has 0 atom stereocenters. The molecule has 0 saturated heterocycles. The van der Waals surface area contributed by atoms with E-state index < -0.39 is 0 Å². The van der Waals surface area contributed by atoms with Crippen molar-refractivity contribution >= 4 is 16.8 Å². The highest BCUT2D eigenvalue weighted by Gasteiger charge is 2.10. The van der Waals surface area contributed by atoms with Crippen LogP contribution < -0.4 is 10.4 Å². The molecule has 0 saturated carbocycles. The summed E-state index contributed by atoms with van der Waals surface area (Å²) >= 11 is 0. The zero-order valence-electron chi connectivity index (χ0n) is 10.8. The Labute approximate surface area is 114 Å². The van der Waals surface area contributed by atoms with Gasteiger partial charge in [-0.05, 0) is 42.5 Å². The number of benzene rings is 2. The molecule has 0 fully saturated rings. The lowest BCUT2D eigenvalue weighted by atomic mass is 10.0. The first-order valence-corrected chi connectivity index (χ1v) is 6.08. The minimum Gasteiger partial charge on any atom is -0.497 e. The van der Waals surface area contributed by atoms with Gasteiger partial charge < -0.3 is 14.7 Å². The van der Waals surface area contributed by atoms with E-state index in [1.54, 1.807) is 49.6 Å². The van der Waals surface area contributed by atoms with E-state index in [-0.39, 0.29) is 11.5 Å². The number of H-pyrrole nitrogens is 2. The third-order valence-electron chi connectivity index (χ3n) is 3.13. The molecular formula is C15H12N2O3. The third-order valence-corrected chi connectivity index (χ3v) is 3.13. The summed E-state index contributed by atoms with van der Waals surface area (Å²) in [4.78, 5) is 28.8. The molecule has 1 heterocycles. The lowest BCUT2D eigenvalue weighted by Gasteiger charge is -2.03. The number of carbonyl (C=O) groups excluding carboxylic acids is 1. The largest absolute Gasteiger partial charge is 0.497 e. The van der Waals surface area contributed by atoms with Gasteiger partial charge in [-0.25, -0.2) is 4.79 Å². The van der Waals surface area contributed by atoms with Gasteiger partial charge in [0.1, 0.15) is 5.75 Å². The average molecular weight is 268 g/mol. The fraction of sp³-hybridized carbons (Fsp3) is 0.0667. The predicted molar refractivity (Wildman–Crippen MR) is 75.3 cm³/mol. The fourth-order valence-electron chi connectivity index (χ4n) is 2.08. The molecule has 0 aliphatic carbocycles. The Balaban J connectivity index is 2.00. The number of fused-ring (bicyclic) bond motifs is 1. The molecule has 100 valence electrons. The molecule has 3 aromatic rings. The van der Waals surface area contributed by atoms with Crippen molar-refractivity contribution in [2.45, 2.75) is 0 Å². The van der Waals surface area contributed by atoms with Crippen molar-refractivity contribution in [1.29, 1.82) is 0 Å². The zero-order valence-corrected chi connectivity index (χ0v) is 10.8. The van der Waals surface area contributed by atoms with Gasteiger partial charge in [-0.2, -0.15) is 0 Å². The van der Waals surface area contributed by atoms with E-state index >= 15 is 0 Å². The number of ether oxygens (including phenoxy) is 1. The second kappa shape index (κ2) is 4.70. The van der Waals surface area contributed by atoms with Crippen LogP contribution in [0.15, 0.2) is 47.3 Å². The van der Waals surface area contributed by atoms with Crippen molar-refractivity contribution in [1.82, 2.24) is 9.97 Å². The normalized spacial score (nSPS) is 10.7. The maximum atomic E-state index is 12.4. The molecule has 3 rings (SSSR count). The Hall–Kier alpha value is -2.82. The number of rotatable bonds is 3. The van der Waals surface area contributed by atoms with Gasteiger partial charge in [-0.15, -0.1) is 0 Å². The molecule has 0 unspecified atom stereocenters. The molecular weight excluding hydrogens is 256 g/mol. The maximum absolute atomic E-state index is 12.4. The Kier molecular flexibility index (Phi) is 2.87. The minimum atomic E-state index is -0.283. The van der Waals surface area contributed by atoms with Crippen LogP contribution in [0.1, 0.15) is 15.9 Å². The number of ketones is 1. The van der Waals surface area contributed by atoms with Crippen LogP contribution in [0.5, 0.6) is 5.75 Å². The van der Waals surface area contributed by atoms with E-state index in [9.17, 15) is 9.59 Å². The van der Waals surface area contributed by atoms with Crippen LogP contribution in [0.3, 0.4) is 0 Å². The van der Waals surface area contributed by atoms with Crippen LogP contribution in [-0.2, 0) is 0 Å². The first-order chi connectivity index (χ1) is 9.67. The van der Waals surface area contributed by atoms with Gasteiger partial charge in [0.05, 0.1) is 18.1 Å². The molecule has 2 aromatic carbocycles. The number of carbonyl (C=O) groups is 1. The van der Waals surface area contributed by atoms with E-state index in [1.165, 1.54) is 0 Å². The summed E-state index contributed by atoms with van der Waals surface area (Å²) in [5.74, 6) is 0.601. The first-order valence-electron chi connectivity index (χ1n) is 6.08. The van der Waals surface area contributed by atoms with E-state index in [0.717, 1.165) is 0 Å². The van der Waals surface area contributed by atoms with Crippen LogP contribution in [0.2, 0.25) is 0 Å². The van der Waals surface area contributed by atoms with Crippen LogP contribution in [0.4, 0.5) is 0 Å². The molecule has 5 heteroatoms. The van der Waals surface area contributed by atoms with Gasteiger partial charge in [0.25, 0.3) is 0 Å². The molecule has 1 aromatic heterocycles. The summed E-state index contributed by atoms with van der Waals surface area (Å²) in [6.07, 6.45) is 0. The van der Waals surface area contributed by atoms with E-state index in [0.29, 0.717) is 27.9 Å². The summed E-state index contributed by atoms with van der Waals surface area (Å²) in [6.45, 7) is 0. The molecule has 0 amide bonds. The number of aromatic nitrogens is 2. The Morgan fingerprint density at radius 3 is 2.30 bits per heavy atom. The highest BCUT2D eigenvalue weighted by molar-refractivity contribution is 6.10. The highest BCUT2D eigenvalue weighted by Crippen LogP contribution is 2.17. The lowest BCUT2D eigenvalue weighted by molar-refractivity contribution is 0.103. The van der Waals surface area contributed by atoms with Gasteiger partial charge in [-0.1, -0.05) is 0 Å². The Morgan fingerprint density at radius 1 is 0.950 bits per heavy atom. The van der Waals surface area contributed by atoms with Crippen LogP contribution in [0, 0.1) is 0 Å². The average Bonchev–Trinajstić information content (AvgIpc) is 2.85. The summed E-state index contributed by atoms with van der Waals surface area (Å²) in [5, 5.41) is 0. The SMILES string of the molecule is COc1ccc(C(=O)c2ccc3[nH]c(=O)[nH]c3c2)cc1. The topological polar surface area (TPSA) is 75.0 Å². The monoisotopic (exact) mass is 268 g/mol. The van der Waals surface area contributed by atoms with Crippen LogP contribution in [-0.4, -0.2) is 22.9 Å². The first kappa shape index (κ1) is 12.2. The number of hydrogen-bond acceptors (Lipinski definition) is 3. The molecule has 2 N–H and O–H groups in total. The van der Waals surface area contributed by atoms with E-state index in [2.05, 4.69) is 9.97 Å². The maximum Gasteiger partial charge on any atom is 0.323 e. The summed E-state index contributed by atoms with van der Waals surface area (Å²) in [6, 6.07) is 12.0.